The van der Waals surface area contributed by atoms with Gasteiger partial charge in [0.1, 0.15) is 0 Å². The molecule has 0 aliphatic carbocycles. The van der Waals surface area contributed by atoms with Gasteiger partial charge < -0.3 is 15.2 Å². The number of amides is 2. The maximum absolute atomic E-state index is 12.1. The number of hydrogen-bond acceptors (Lipinski definition) is 6. The summed E-state index contributed by atoms with van der Waals surface area (Å²) in [7, 11) is 1.47. The largest absolute Gasteiger partial charge is 0.352 e. The number of benzene rings is 1. The zero-order valence-corrected chi connectivity index (χ0v) is 14.8. The summed E-state index contributed by atoms with van der Waals surface area (Å²) in [4.78, 5) is 27.3. The van der Waals surface area contributed by atoms with E-state index in [1.54, 1.807) is 0 Å². The number of nitrogens with one attached hydrogen (secondary N) is 2. The highest BCUT2D eigenvalue weighted by Crippen LogP contribution is 2.19. The fraction of sp³-hybridized carbons (Fsp3) is 0.333. The zero-order chi connectivity index (χ0) is 17.5. The van der Waals surface area contributed by atoms with Crippen molar-refractivity contribution in [2.24, 2.45) is 0 Å². The van der Waals surface area contributed by atoms with Crippen molar-refractivity contribution in [3.63, 3.8) is 0 Å². The minimum Gasteiger partial charge on any atom is -0.352 e. The van der Waals surface area contributed by atoms with Gasteiger partial charge >= 0.3 is 0 Å². The summed E-state index contributed by atoms with van der Waals surface area (Å²) in [5.74, 6) is 0.230. The van der Waals surface area contributed by atoms with Crippen LogP contribution in [0.1, 0.15) is 29.0 Å². The van der Waals surface area contributed by atoms with Crippen LogP contribution in [-0.4, -0.2) is 34.3 Å². The Bertz CT molecular complexity index is 705. The number of carbonyl (C=O) groups is 2. The molecule has 0 radical (unpaired) electrons. The summed E-state index contributed by atoms with van der Waals surface area (Å²) in [5.41, 5.74) is 1.09. The first-order valence-corrected chi connectivity index (χ1v) is 8.60. The fourth-order valence-corrected chi connectivity index (χ4v) is 2.71. The standard InChI is InChI=1S/C15H17ClN4O3S/c1-9(24-8-10-3-5-11(16)6-4-10)14(21)18-7-12-19-13(20-23-12)15(22)17-2/h3-6,9H,7-8H2,1-2H3,(H,17,22)(H,18,21)/t9-/m0/s1. The molecule has 2 N–H and O–H groups in total. The van der Waals surface area contributed by atoms with E-state index >= 15 is 0 Å². The molecule has 9 heteroatoms. The average molecular weight is 369 g/mol. The minimum atomic E-state index is -0.441. The second kappa shape index (κ2) is 8.70. The van der Waals surface area contributed by atoms with Crippen LogP contribution in [0.4, 0.5) is 0 Å². The Morgan fingerprint density at radius 1 is 1.33 bits per heavy atom. The third-order valence-electron chi connectivity index (χ3n) is 3.09. The molecule has 1 aromatic carbocycles. The maximum Gasteiger partial charge on any atom is 0.292 e. The topological polar surface area (TPSA) is 97.1 Å². The van der Waals surface area contributed by atoms with Gasteiger partial charge in [0.05, 0.1) is 11.8 Å². The normalized spacial score (nSPS) is 11.8. The lowest BCUT2D eigenvalue weighted by Crippen LogP contribution is -2.30. The van der Waals surface area contributed by atoms with Crippen molar-refractivity contribution in [2.45, 2.75) is 24.5 Å². The highest BCUT2D eigenvalue weighted by atomic mass is 35.5. The van der Waals surface area contributed by atoms with Crippen molar-refractivity contribution in [1.29, 1.82) is 0 Å². The quantitative estimate of drug-likeness (QED) is 0.776. The maximum atomic E-state index is 12.1. The molecule has 0 aliphatic heterocycles. The fourth-order valence-electron chi connectivity index (χ4n) is 1.71. The van der Waals surface area contributed by atoms with Gasteiger partial charge in [-0.2, -0.15) is 4.98 Å². The molecule has 0 bridgehead atoms. The van der Waals surface area contributed by atoms with Crippen LogP contribution in [0.25, 0.3) is 0 Å². The SMILES string of the molecule is CNC(=O)c1noc(CNC(=O)[C@H](C)SCc2ccc(Cl)cc2)n1. The van der Waals surface area contributed by atoms with Crippen molar-refractivity contribution in [1.82, 2.24) is 20.8 Å². The number of halogens is 1. The number of nitrogens with zero attached hydrogens (tertiary/aromatic N) is 2. The second-order valence-electron chi connectivity index (χ2n) is 4.89. The van der Waals surface area contributed by atoms with E-state index in [2.05, 4.69) is 20.8 Å². The molecule has 0 fully saturated rings. The number of rotatable bonds is 7. The first-order valence-electron chi connectivity index (χ1n) is 7.18. The van der Waals surface area contributed by atoms with Crippen LogP contribution in [0, 0.1) is 0 Å². The van der Waals surface area contributed by atoms with Gasteiger partial charge in [0.15, 0.2) is 0 Å². The molecule has 1 atom stereocenters. The average Bonchev–Trinajstić information content (AvgIpc) is 3.07. The smallest absolute Gasteiger partial charge is 0.292 e. The molecule has 128 valence electrons. The summed E-state index contributed by atoms with van der Waals surface area (Å²) < 4.78 is 4.90. The molecule has 2 amide bonds. The number of thioether (sulfide) groups is 1. The summed E-state index contributed by atoms with van der Waals surface area (Å²) in [6, 6.07) is 7.50. The molecule has 0 spiro atoms. The Balaban J connectivity index is 1.78. The molecule has 0 unspecified atom stereocenters. The lowest BCUT2D eigenvalue weighted by atomic mass is 10.2. The van der Waals surface area contributed by atoms with Crippen molar-refractivity contribution >= 4 is 35.2 Å². The van der Waals surface area contributed by atoms with E-state index in [1.165, 1.54) is 18.8 Å². The summed E-state index contributed by atoms with van der Waals surface area (Å²) in [6.07, 6.45) is 0. The van der Waals surface area contributed by atoms with Crippen LogP contribution >= 0.6 is 23.4 Å². The van der Waals surface area contributed by atoms with Gasteiger partial charge in [-0.1, -0.05) is 28.9 Å². The molecule has 1 heterocycles. The van der Waals surface area contributed by atoms with Crippen LogP contribution < -0.4 is 10.6 Å². The summed E-state index contributed by atoms with van der Waals surface area (Å²) >= 11 is 7.35. The molecule has 0 aliphatic rings. The van der Waals surface area contributed by atoms with E-state index in [4.69, 9.17) is 16.1 Å². The highest BCUT2D eigenvalue weighted by Gasteiger charge is 2.16. The highest BCUT2D eigenvalue weighted by molar-refractivity contribution is 7.99. The van der Waals surface area contributed by atoms with E-state index in [1.807, 2.05) is 31.2 Å². The molecular formula is C15H17ClN4O3S. The van der Waals surface area contributed by atoms with E-state index in [0.717, 1.165) is 5.56 Å². The van der Waals surface area contributed by atoms with Crippen LogP contribution in [0.15, 0.2) is 28.8 Å². The van der Waals surface area contributed by atoms with Gasteiger partial charge in [-0.15, -0.1) is 11.8 Å². The predicted molar refractivity (Wildman–Crippen MR) is 91.7 cm³/mol. The molecule has 1 aromatic heterocycles. The molecular weight excluding hydrogens is 352 g/mol. The van der Waals surface area contributed by atoms with Gasteiger partial charge in [0.25, 0.3) is 11.7 Å². The molecule has 7 nitrogen and oxygen atoms in total. The van der Waals surface area contributed by atoms with Gasteiger partial charge in [0, 0.05) is 17.8 Å². The van der Waals surface area contributed by atoms with Gasteiger partial charge in [-0.3, -0.25) is 9.59 Å². The van der Waals surface area contributed by atoms with E-state index < -0.39 is 5.91 Å². The molecule has 24 heavy (non-hydrogen) atoms. The van der Waals surface area contributed by atoms with Crippen LogP contribution in [0.3, 0.4) is 0 Å². The van der Waals surface area contributed by atoms with Crippen LogP contribution in [0.2, 0.25) is 5.02 Å². The molecule has 0 saturated carbocycles. The van der Waals surface area contributed by atoms with E-state index in [0.29, 0.717) is 10.8 Å². The van der Waals surface area contributed by atoms with E-state index in [-0.39, 0.29) is 29.4 Å². The number of hydrogen-bond donors (Lipinski definition) is 2. The van der Waals surface area contributed by atoms with Crippen molar-refractivity contribution in [2.75, 3.05) is 7.05 Å². The Labute approximate surface area is 148 Å². The first kappa shape index (κ1) is 18.3. The van der Waals surface area contributed by atoms with Crippen LogP contribution in [0.5, 0.6) is 0 Å². The predicted octanol–water partition coefficient (Wildman–Crippen LogP) is 2.02. The monoisotopic (exact) mass is 368 g/mol. The zero-order valence-electron chi connectivity index (χ0n) is 13.2. The number of carbonyl (C=O) groups excluding carboxylic acids is 2. The third kappa shape index (κ3) is 5.24. The Morgan fingerprint density at radius 2 is 2.04 bits per heavy atom. The Morgan fingerprint density at radius 3 is 2.71 bits per heavy atom. The first-order chi connectivity index (χ1) is 11.5. The second-order valence-corrected chi connectivity index (χ2v) is 6.65. The molecule has 0 saturated heterocycles. The van der Waals surface area contributed by atoms with Crippen molar-refractivity contribution < 1.29 is 14.1 Å². The van der Waals surface area contributed by atoms with Crippen molar-refractivity contribution in [3.05, 3.63) is 46.6 Å². The van der Waals surface area contributed by atoms with Crippen molar-refractivity contribution in [3.8, 4) is 0 Å². The Hall–Kier alpha value is -2.06. The third-order valence-corrected chi connectivity index (χ3v) is 4.56. The van der Waals surface area contributed by atoms with Gasteiger partial charge in [-0.05, 0) is 24.6 Å². The lowest BCUT2D eigenvalue weighted by molar-refractivity contribution is -0.120. The minimum absolute atomic E-state index is 0.0630. The molecule has 2 rings (SSSR count). The van der Waals surface area contributed by atoms with E-state index in [9.17, 15) is 9.59 Å². The lowest BCUT2D eigenvalue weighted by Gasteiger charge is -2.10. The summed E-state index contributed by atoms with van der Waals surface area (Å²) in [5, 5.41) is 9.06. The Kier molecular flexibility index (Phi) is 6.62. The number of aromatic nitrogens is 2. The van der Waals surface area contributed by atoms with Gasteiger partial charge in [0.2, 0.25) is 11.8 Å². The molecule has 2 aromatic rings. The summed E-state index contributed by atoms with van der Waals surface area (Å²) in [6.45, 7) is 1.90. The van der Waals surface area contributed by atoms with Gasteiger partial charge in [-0.25, -0.2) is 0 Å². The van der Waals surface area contributed by atoms with Crippen LogP contribution in [-0.2, 0) is 17.1 Å².